The molecule has 8 saturated carbocycles. The lowest BCUT2D eigenvalue weighted by molar-refractivity contribution is -0.175. The third-order valence-electron chi connectivity index (χ3n) is 21.0. The fourth-order valence-corrected chi connectivity index (χ4v) is 18.4. The van der Waals surface area contributed by atoms with Crippen LogP contribution in [0.4, 0.5) is 0 Å². The average Bonchev–Trinajstić information content (AvgIpc) is 4.13. The minimum absolute atomic E-state index is 0. The van der Waals surface area contributed by atoms with Crippen LogP contribution in [0.15, 0.2) is 29.7 Å². The lowest BCUT2D eigenvalue weighted by atomic mass is 9.43. The van der Waals surface area contributed by atoms with E-state index in [1.807, 2.05) is 40.2 Å². The van der Waals surface area contributed by atoms with Crippen LogP contribution in [0, 0.1) is 104 Å². The summed E-state index contributed by atoms with van der Waals surface area (Å²) in [5, 5.41) is 39.5. The van der Waals surface area contributed by atoms with Crippen molar-refractivity contribution in [1.29, 1.82) is 10.5 Å². The molecule has 12 heteroatoms. The maximum atomic E-state index is 13.5. The molecule has 2 heterocycles. The van der Waals surface area contributed by atoms with Gasteiger partial charge in [-0.25, -0.2) is 4.98 Å². The van der Waals surface area contributed by atoms with Gasteiger partial charge in [-0.15, -0.1) is 0 Å². The molecule has 0 radical (unpaired) electrons. The molecule has 0 saturated heterocycles. The summed E-state index contributed by atoms with van der Waals surface area (Å²) in [6, 6.07) is 4.04. The number of allylic oxidation sites excluding steroid dienone is 1. The number of Topliss-reactive ketones (excluding diaryl/α,β-unsaturated/α-hetero) is 2. The smallest absolute Gasteiger partial charge is 0.213 e. The number of aromatic nitrogens is 2. The number of ketones is 2. The normalized spacial score (nSPS) is 43.2. The number of aliphatic hydroxyl groups is 2. The summed E-state index contributed by atoms with van der Waals surface area (Å²) in [5.74, 6) is 6.48. The quantitative estimate of drug-likeness (QED) is 0.229. The fourth-order valence-electron chi connectivity index (χ4n) is 18.0. The molecule has 8 aliphatic carbocycles. The third kappa shape index (κ3) is 10.2. The molecule has 1 aliphatic heterocycles. The molecule has 16 atom stereocenters. The lowest BCUT2D eigenvalue weighted by Crippen LogP contribution is -2.58. The lowest BCUT2D eigenvalue weighted by Gasteiger charge is -2.62. The van der Waals surface area contributed by atoms with Gasteiger partial charge in [0.1, 0.15) is 23.6 Å². The summed E-state index contributed by atoms with van der Waals surface area (Å²) in [7, 11) is 3.69. The van der Waals surface area contributed by atoms with Gasteiger partial charge in [0, 0.05) is 51.1 Å². The molecule has 0 spiro atoms. The van der Waals surface area contributed by atoms with E-state index in [0.29, 0.717) is 64.1 Å². The molecule has 11 nitrogen and oxygen atoms in total. The van der Waals surface area contributed by atoms with Crippen molar-refractivity contribution in [2.75, 3.05) is 32.8 Å². The monoisotopic (exact) mass is 1020 g/mol. The molecule has 0 unspecified atom stereocenters. The van der Waals surface area contributed by atoms with E-state index in [1.54, 1.807) is 23.2 Å². The Hall–Kier alpha value is -2.74. The first-order chi connectivity index (χ1) is 31.9. The first-order valence-corrected chi connectivity index (χ1v) is 27.1. The number of hydrogen-bond donors (Lipinski definition) is 2. The van der Waals surface area contributed by atoms with Gasteiger partial charge in [0.15, 0.2) is 5.78 Å². The van der Waals surface area contributed by atoms with Crippen molar-refractivity contribution in [3.05, 3.63) is 30.5 Å². The van der Waals surface area contributed by atoms with E-state index in [9.17, 15) is 25.1 Å². The standard InChI is InChI=1S/C27H39N3O3.C23H37BrO3.C5H4N2.2CH4/c1-25(32)10-11-27(17-33-3)18(14-25)4-5-19-20-6-7-22(26(20,2)9-8-21(19)27)23(31)16-30-13-12-29-24(30)15-28;1-21(26)10-11-23(14-27-3)15(12-21)4-5-16-17-6-7-19(20(25)13-24)22(17,2)9-8-18(16)23;6-4-5-2-1-3-7-5;;/h12-13,18-22,32H,4-11,14,16-17H2,1-3H3;15-19,26H,4-14H2,1-3H3;1,3H,2H2;2*1H4/t18-,19-,20-,21-,22+,25+,26-,27+;15-,16+,17+,18+,19-,21-,22+,23-;;;/m01.../s1. The third-order valence-corrected chi connectivity index (χ3v) is 21.5. The number of nitriles is 2. The van der Waals surface area contributed by atoms with Gasteiger partial charge in [0.25, 0.3) is 0 Å². The number of methoxy groups -OCH3 is 2. The van der Waals surface area contributed by atoms with Crippen molar-refractivity contribution >= 4 is 33.2 Å². The van der Waals surface area contributed by atoms with Crippen LogP contribution in [0.2, 0.25) is 0 Å². The maximum absolute atomic E-state index is 13.5. The topological polar surface area (TPSA) is 171 Å². The minimum atomic E-state index is -0.543. The number of halogens is 1. The molecule has 8 fully saturated rings. The summed E-state index contributed by atoms with van der Waals surface area (Å²) < 4.78 is 13.4. The van der Waals surface area contributed by atoms with E-state index in [1.165, 1.54) is 44.9 Å². The highest BCUT2D eigenvalue weighted by molar-refractivity contribution is 9.09. The number of nitrogens with zero attached hydrogens (tertiary/aromatic N) is 5. The van der Waals surface area contributed by atoms with E-state index >= 15 is 0 Å². The highest BCUT2D eigenvalue weighted by Gasteiger charge is 2.65. The van der Waals surface area contributed by atoms with Gasteiger partial charge in [0.05, 0.1) is 36.3 Å². The molecule has 10 rings (SSSR count). The number of aliphatic imine (C=N–C) groups is 1. The zero-order chi connectivity index (χ0) is 48.0. The van der Waals surface area contributed by atoms with Crippen molar-refractivity contribution < 1.29 is 29.3 Å². The first-order valence-electron chi connectivity index (χ1n) is 26.0. The summed E-state index contributed by atoms with van der Waals surface area (Å²) in [6.45, 7) is 10.8. The van der Waals surface area contributed by atoms with Gasteiger partial charge >= 0.3 is 0 Å². The second-order valence-corrected chi connectivity index (χ2v) is 24.8. The molecule has 0 amide bonds. The number of hydrogen-bond acceptors (Lipinski definition) is 10. The van der Waals surface area contributed by atoms with Crippen LogP contribution in [0.25, 0.3) is 0 Å². The highest BCUT2D eigenvalue weighted by atomic mass is 79.9. The maximum Gasteiger partial charge on any atom is 0.213 e. The van der Waals surface area contributed by atoms with Gasteiger partial charge < -0.3 is 24.3 Å². The summed E-state index contributed by atoms with van der Waals surface area (Å²) in [4.78, 5) is 33.9. The van der Waals surface area contributed by atoms with Crippen LogP contribution in [-0.2, 0) is 25.6 Å². The van der Waals surface area contributed by atoms with Crippen molar-refractivity contribution in [1.82, 2.24) is 9.55 Å². The summed E-state index contributed by atoms with van der Waals surface area (Å²) in [6.07, 6.45) is 27.4. The first kappa shape index (κ1) is 55.6. The van der Waals surface area contributed by atoms with Crippen molar-refractivity contribution in [2.45, 2.75) is 182 Å². The molecule has 1 aromatic heterocycles. The van der Waals surface area contributed by atoms with Crippen LogP contribution in [0.5, 0.6) is 0 Å². The van der Waals surface area contributed by atoms with Gasteiger partial charge in [-0.1, -0.05) is 50.7 Å². The van der Waals surface area contributed by atoms with Crippen LogP contribution in [0.1, 0.15) is 170 Å². The zero-order valence-corrected chi connectivity index (χ0v) is 43.1. The molecule has 384 valence electrons. The zero-order valence-electron chi connectivity index (χ0n) is 41.5. The number of carbonyl (C=O) groups is 2. The predicted molar refractivity (Wildman–Crippen MR) is 275 cm³/mol. The molecule has 0 bridgehead atoms. The Morgan fingerprint density at radius 1 is 0.710 bits per heavy atom. The van der Waals surface area contributed by atoms with Crippen molar-refractivity contribution in [3.63, 3.8) is 0 Å². The van der Waals surface area contributed by atoms with Gasteiger partial charge in [-0.05, 0) is 198 Å². The molecule has 9 aliphatic rings. The SMILES string of the molecule is C.C.COC[C@]12CC[C@@](C)(O)C[C@@H]1CC[C@H]1[C@@H]3CC[C@H](C(=O)Cn4ccnc4C#N)[C@@]3(C)CC[C@@H]12.COC[C@]12CC[C@@](C)(O)C[C@H]1CC[C@H]1[C@@H]3CC[C@H](C(=O)CBr)[C@@]3(C)CC[C@@H]12.N#CC1=NC=CC1. The van der Waals surface area contributed by atoms with Crippen molar-refractivity contribution in [3.8, 4) is 12.1 Å². The molecule has 2 N–H and O–H groups in total. The summed E-state index contributed by atoms with van der Waals surface area (Å²) in [5.41, 5.74) is 0.248. The summed E-state index contributed by atoms with van der Waals surface area (Å²) >= 11 is 3.43. The van der Waals surface area contributed by atoms with E-state index in [2.05, 4.69) is 45.8 Å². The Labute approximate surface area is 424 Å². The Kier molecular flexibility index (Phi) is 17.5. The Morgan fingerprint density at radius 2 is 1.22 bits per heavy atom. The van der Waals surface area contributed by atoms with Crippen LogP contribution in [-0.4, -0.2) is 81.0 Å². The number of carbonyl (C=O) groups excluding carboxylic acids is 2. The molecular weight excluding hydrogens is 931 g/mol. The number of fused-ring (bicyclic) bond motifs is 10. The van der Waals surface area contributed by atoms with Gasteiger partial charge in [-0.3, -0.25) is 14.6 Å². The molecular formula is C57H88BrN5O6. The van der Waals surface area contributed by atoms with Gasteiger partial charge in [-0.2, -0.15) is 10.5 Å². The van der Waals surface area contributed by atoms with E-state index in [-0.39, 0.29) is 60.7 Å². The van der Waals surface area contributed by atoms with Crippen LogP contribution < -0.4 is 0 Å². The number of imidazole rings is 1. The van der Waals surface area contributed by atoms with Crippen LogP contribution in [0.3, 0.4) is 0 Å². The Bertz CT molecular complexity index is 2120. The Morgan fingerprint density at radius 3 is 1.64 bits per heavy atom. The highest BCUT2D eigenvalue weighted by Crippen LogP contribution is 2.70. The molecule has 0 aromatic carbocycles. The van der Waals surface area contributed by atoms with Gasteiger partial charge in [0.2, 0.25) is 5.82 Å². The number of alkyl halides is 1. The van der Waals surface area contributed by atoms with E-state index in [4.69, 9.17) is 14.7 Å². The second kappa shape index (κ2) is 21.8. The fraction of sp³-hybridized carbons (Fsp3) is 0.825. The number of ether oxygens (including phenoxy) is 2. The van der Waals surface area contributed by atoms with Crippen molar-refractivity contribution in [2.24, 2.45) is 85.8 Å². The van der Waals surface area contributed by atoms with Crippen LogP contribution >= 0.6 is 15.9 Å². The molecule has 69 heavy (non-hydrogen) atoms. The Balaban J connectivity index is 0.000000196. The van der Waals surface area contributed by atoms with E-state index in [0.717, 1.165) is 96.2 Å². The second-order valence-electron chi connectivity index (χ2n) is 24.2. The molecule has 1 aromatic rings. The number of rotatable bonds is 9. The average molecular weight is 1020 g/mol. The van der Waals surface area contributed by atoms with E-state index < -0.39 is 11.2 Å². The minimum Gasteiger partial charge on any atom is -0.390 e. The largest absolute Gasteiger partial charge is 0.390 e. The predicted octanol–water partition coefficient (Wildman–Crippen LogP) is 11.5.